The summed E-state index contributed by atoms with van der Waals surface area (Å²) in [7, 11) is -2.28. The first-order chi connectivity index (χ1) is 14.0. The first-order valence-corrected chi connectivity index (χ1v) is 12.1. The molecule has 8 heteroatoms. The number of ether oxygens (including phenoxy) is 1. The quantitative estimate of drug-likeness (QED) is 0.561. The summed E-state index contributed by atoms with van der Waals surface area (Å²) in [5.41, 5.74) is 5.34. The molecule has 5 rings (SSSR count). The number of carbonyl (C=O) groups excluding carboxylic acids is 1. The van der Waals surface area contributed by atoms with Crippen LogP contribution in [-0.2, 0) is 14.6 Å². The number of methoxy groups -OCH3 is 1. The number of rotatable bonds is 7. The van der Waals surface area contributed by atoms with E-state index < -0.39 is 26.2 Å². The van der Waals surface area contributed by atoms with E-state index in [1.54, 1.807) is 26.0 Å². The lowest BCUT2D eigenvalue weighted by atomic mass is 9.47. The van der Waals surface area contributed by atoms with Crippen LogP contribution in [0.15, 0.2) is 29.2 Å². The van der Waals surface area contributed by atoms with Crippen molar-refractivity contribution in [2.75, 3.05) is 7.11 Å². The fraction of sp³-hybridized carbons (Fsp3) is 0.682. The highest BCUT2D eigenvalue weighted by Gasteiger charge is 2.58. The lowest BCUT2D eigenvalue weighted by molar-refractivity contribution is -0.147. The fourth-order valence-corrected chi connectivity index (χ4v) is 7.65. The lowest BCUT2D eigenvalue weighted by Crippen LogP contribution is -2.65. The maximum atomic E-state index is 13.3. The average molecular weight is 437 g/mol. The molecule has 1 aromatic rings. The van der Waals surface area contributed by atoms with Gasteiger partial charge in [-0.05, 0) is 88.0 Å². The van der Waals surface area contributed by atoms with Crippen LogP contribution in [0.25, 0.3) is 0 Å². The van der Waals surface area contributed by atoms with Crippen molar-refractivity contribution in [1.29, 1.82) is 0 Å². The molecule has 3 atom stereocenters. The van der Waals surface area contributed by atoms with E-state index in [-0.39, 0.29) is 28.7 Å². The lowest BCUT2D eigenvalue weighted by Gasteiger charge is -2.59. The second-order valence-electron chi connectivity index (χ2n) is 9.99. The zero-order valence-corrected chi connectivity index (χ0v) is 18.6. The van der Waals surface area contributed by atoms with Crippen molar-refractivity contribution in [3.63, 3.8) is 0 Å². The summed E-state index contributed by atoms with van der Waals surface area (Å²) >= 11 is 0. The third-order valence-electron chi connectivity index (χ3n) is 7.87. The third kappa shape index (κ3) is 3.24. The van der Waals surface area contributed by atoms with Crippen molar-refractivity contribution in [3.8, 4) is 5.75 Å². The van der Waals surface area contributed by atoms with Crippen LogP contribution in [0.1, 0.15) is 46.0 Å². The predicted octanol–water partition coefficient (Wildman–Crippen LogP) is 1.84. The highest BCUT2D eigenvalue weighted by atomic mass is 32.2. The van der Waals surface area contributed by atoms with Gasteiger partial charge in [-0.25, -0.2) is 8.42 Å². The normalized spacial score (nSPS) is 34.0. The van der Waals surface area contributed by atoms with E-state index in [1.807, 2.05) is 0 Å². The van der Waals surface area contributed by atoms with Gasteiger partial charge in [0.15, 0.2) is 9.84 Å². The Labute approximate surface area is 178 Å². The molecule has 1 aromatic carbocycles. The van der Waals surface area contributed by atoms with Crippen molar-refractivity contribution >= 4 is 15.7 Å². The summed E-state index contributed by atoms with van der Waals surface area (Å²) in [6, 6.07) is 6.20. The third-order valence-corrected chi connectivity index (χ3v) is 10.4. The van der Waals surface area contributed by atoms with Gasteiger partial charge in [0, 0.05) is 11.5 Å². The molecule has 0 aromatic heterocycles. The molecule has 4 fully saturated rings. The maximum absolute atomic E-state index is 13.3. The number of hydrogen-bond acceptors (Lipinski definition) is 6. The molecule has 0 aliphatic heterocycles. The van der Waals surface area contributed by atoms with Crippen molar-refractivity contribution < 1.29 is 23.1 Å². The molecular formula is C22H32N2O5S. The summed E-state index contributed by atoms with van der Waals surface area (Å²) in [5, 5.41) is 14.3. The van der Waals surface area contributed by atoms with Crippen LogP contribution in [0.5, 0.6) is 5.75 Å². The Kier molecular flexibility index (Phi) is 5.19. The fourth-order valence-electron chi connectivity index (χ4n) is 6.19. The number of benzene rings is 1. The highest BCUT2D eigenvalue weighted by molar-refractivity contribution is 7.92. The molecule has 4 aliphatic rings. The minimum atomic E-state index is -3.81. The molecule has 1 amide bonds. The van der Waals surface area contributed by atoms with E-state index in [9.17, 15) is 18.3 Å². The molecule has 0 heterocycles. The number of nitrogens with two attached hydrogens (primary N) is 1. The van der Waals surface area contributed by atoms with Gasteiger partial charge in [0.2, 0.25) is 5.91 Å². The van der Waals surface area contributed by atoms with Gasteiger partial charge >= 0.3 is 0 Å². The van der Waals surface area contributed by atoms with E-state index in [1.165, 1.54) is 19.2 Å². The second-order valence-corrected chi connectivity index (χ2v) is 12.5. The first kappa shape index (κ1) is 21.6. The smallest absolute Gasteiger partial charge is 0.223 e. The Hall–Kier alpha value is -1.64. The van der Waals surface area contributed by atoms with Crippen molar-refractivity contribution in [2.45, 2.75) is 67.9 Å². The van der Waals surface area contributed by atoms with Crippen molar-refractivity contribution in [1.82, 2.24) is 5.32 Å². The molecule has 4 bridgehead atoms. The zero-order chi connectivity index (χ0) is 21.9. The first-order valence-electron chi connectivity index (χ1n) is 10.6. The molecule has 0 radical (unpaired) electrons. The van der Waals surface area contributed by atoms with Crippen molar-refractivity contribution in [3.05, 3.63) is 24.3 Å². The van der Waals surface area contributed by atoms with Crippen LogP contribution >= 0.6 is 0 Å². The number of amides is 1. The number of carbonyl (C=O) groups is 1. The number of hydrogen-bond donors (Lipinski definition) is 3. The molecular weight excluding hydrogens is 404 g/mol. The summed E-state index contributed by atoms with van der Waals surface area (Å²) in [6.07, 6.45) is 3.10. The van der Waals surface area contributed by atoms with Gasteiger partial charge in [-0.15, -0.1) is 0 Å². The van der Waals surface area contributed by atoms with Crippen LogP contribution in [-0.4, -0.2) is 43.6 Å². The summed E-state index contributed by atoms with van der Waals surface area (Å²) in [5.74, 6) is 1.34. The van der Waals surface area contributed by atoms with Crippen LogP contribution in [0, 0.1) is 23.2 Å². The maximum Gasteiger partial charge on any atom is 0.223 e. The average Bonchev–Trinajstić information content (AvgIpc) is 2.69. The molecule has 4 aliphatic carbocycles. The van der Waals surface area contributed by atoms with E-state index in [0.717, 1.165) is 32.1 Å². The molecule has 0 spiro atoms. The molecule has 166 valence electrons. The number of aliphatic hydroxyl groups excluding tert-OH is 1. The molecule has 3 unspecified atom stereocenters. The van der Waals surface area contributed by atoms with E-state index in [2.05, 4.69) is 5.32 Å². The highest BCUT2D eigenvalue weighted by Crippen LogP contribution is 2.60. The summed E-state index contributed by atoms with van der Waals surface area (Å²) in [4.78, 5) is 12.3. The summed E-state index contributed by atoms with van der Waals surface area (Å²) in [6.45, 7) is 3.09. The topological polar surface area (TPSA) is 119 Å². The second kappa shape index (κ2) is 7.21. The minimum Gasteiger partial charge on any atom is -0.497 e. The van der Waals surface area contributed by atoms with Gasteiger partial charge < -0.3 is 15.6 Å². The SMILES string of the molecule is COc1ccc(S(=O)(=O)C(C)(C)C(O)NC2C3CC4CC2CC(C(N)=O)(C4)C3)cc1. The van der Waals surface area contributed by atoms with E-state index >= 15 is 0 Å². The zero-order valence-electron chi connectivity index (χ0n) is 17.8. The minimum absolute atomic E-state index is 0.00522. The van der Waals surface area contributed by atoms with Crippen LogP contribution in [0.4, 0.5) is 0 Å². The number of sulfone groups is 1. The van der Waals surface area contributed by atoms with Gasteiger partial charge in [-0.3, -0.25) is 10.1 Å². The Bertz CT molecular complexity index is 911. The van der Waals surface area contributed by atoms with Crippen molar-refractivity contribution in [2.24, 2.45) is 28.9 Å². The largest absolute Gasteiger partial charge is 0.497 e. The van der Waals surface area contributed by atoms with Crippen LogP contribution in [0.2, 0.25) is 0 Å². The number of nitrogens with one attached hydrogen (secondary N) is 1. The van der Waals surface area contributed by atoms with E-state index in [4.69, 9.17) is 10.5 Å². The van der Waals surface area contributed by atoms with E-state index in [0.29, 0.717) is 11.7 Å². The monoisotopic (exact) mass is 436 g/mol. The van der Waals surface area contributed by atoms with Crippen LogP contribution in [0.3, 0.4) is 0 Å². The van der Waals surface area contributed by atoms with Crippen LogP contribution < -0.4 is 15.8 Å². The predicted molar refractivity (Wildman–Crippen MR) is 112 cm³/mol. The van der Waals surface area contributed by atoms with Gasteiger partial charge in [-0.1, -0.05) is 0 Å². The Balaban J connectivity index is 1.53. The molecule has 0 saturated heterocycles. The standard InChI is InChI=1S/C22H32N2O5S/c1-21(2,30(27,28)17-6-4-16(29-3)5-7-17)20(26)24-18-14-8-13-9-15(18)12-22(10-13,11-14)19(23)25/h4-7,13-15,18,20,24,26H,8-12H2,1-3H3,(H2,23,25). The molecule has 30 heavy (non-hydrogen) atoms. The van der Waals surface area contributed by atoms with Gasteiger partial charge in [0.1, 0.15) is 16.7 Å². The Morgan fingerprint density at radius 3 is 2.27 bits per heavy atom. The Morgan fingerprint density at radius 2 is 1.77 bits per heavy atom. The number of aliphatic hydroxyl groups is 1. The van der Waals surface area contributed by atoms with Gasteiger partial charge in [0.05, 0.1) is 12.0 Å². The number of primary amides is 1. The molecule has 4 N–H and O–H groups in total. The summed E-state index contributed by atoms with van der Waals surface area (Å²) < 4.78 is 30.2. The molecule has 4 saturated carbocycles. The molecule has 7 nitrogen and oxygen atoms in total. The Morgan fingerprint density at radius 1 is 1.20 bits per heavy atom. The van der Waals surface area contributed by atoms with Gasteiger partial charge in [-0.2, -0.15) is 0 Å². The van der Waals surface area contributed by atoms with Gasteiger partial charge in [0.25, 0.3) is 0 Å².